The van der Waals surface area contributed by atoms with E-state index in [2.05, 4.69) is 4.18 Å². The standard InChI is InChI=1S/C27H48O29S4/c1-7(2)45-25-21(54-58(36,37)38)17(13(29)9(4)47-25)51-27-23(56-60(42,43)44)19(15(31)11(6)49-27)52-26-22(55-59(39,40)41)18(14(30)10(5)48-26)50-24-20(53-57(33,34)35)16(32)12(28)8(3)46-24/h7-32H,1-6H3,(H,33,34,35)(H,36,37,38)(H,39,40,41)(H,42,43,44)/t8-,9-,10-,11-,12+,13+,14+,15+,16+,17+,18+,19+,20-,21-,22-,23-,24-,25+,26-,27-/m0/s1. The molecular formula is C27H48O29S4. The molecule has 0 aromatic heterocycles. The summed E-state index contributed by atoms with van der Waals surface area (Å²) in [6.07, 6.45) is -41.7. The Hall–Kier alpha value is -1.04. The van der Waals surface area contributed by atoms with Gasteiger partial charge in [-0.1, -0.05) is 0 Å². The number of aliphatic hydroxyl groups is 5. The van der Waals surface area contributed by atoms with Gasteiger partial charge in [0, 0.05) is 0 Å². The molecule has 4 aliphatic rings. The Morgan fingerprint density at radius 3 is 0.933 bits per heavy atom. The van der Waals surface area contributed by atoms with E-state index in [1.54, 1.807) is 0 Å². The normalized spacial score (nSPS) is 43.9. The molecule has 0 spiro atoms. The smallest absolute Gasteiger partial charge is 0.388 e. The van der Waals surface area contributed by atoms with Crippen LogP contribution in [0.5, 0.6) is 0 Å². The summed E-state index contributed by atoms with van der Waals surface area (Å²) in [6, 6.07) is 0. The number of ether oxygens (including phenoxy) is 8. The average Bonchev–Trinajstić information content (AvgIpc) is 3.07. The van der Waals surface area contributed by atoms with Crippen LogP contribution in [0.2, 0.25) is 0 Å². The Labute approximate surface area is 343 Å². The zero-order valence-corrected chi connectivity index (χ0v) is 35.2. The summed E-state index contributed by atoms with van der Waals surface area (Å²) in [5.41, 5.74) is 0. The fraction of sp³-hybridized carbons (Fsp3) is 1.00. The summed E-state index contributed by atoms with van der Waals surface area (Å²) in [5.74, 6) is 0. The number of hydrogen-bond acceptors (Lipinski definition) is 25. The van der Waals surface area contributed by atoms with E-state index in [1.807, 2.05) is 0 Å². The van der Waals surface area contributed by atoms with Gasteiger partial charge < -0.3 is 63.4 Å². The number of hydrogen-bond donors (Lipinski definition) is 9. The number of aliphatic hydroxyl groups excluding tert-OH is 5. The second-order valence-corrected chi connectivity index (χ2v) is 18.4. The molecule has 0 aromatic rings. The van der Waals surface area contributed by atoms with Crippen molar-refractivity contribution < 1.29 is 132 Å². The van der Waals surface area contributed by atoms with Gasteiger partial charge in [-0.25, -0.2) is 16.7 Å². The lowest BCUT2D eigenvalue weighted by molar-refractivity contribution is -0.380. The van der Waals surface area contributed by atoms with Crippen LogP contribution in [0.15, 0.2) is 0 Å². The van der Waals surface area contributed by atoms with Crippen molar-refractivity contribution in [2.24, 2.45) is 0 Å². The molecule has 0 bridgehead atoms. The fourth-order valence-electron chi connectivity index (χ4n) is 6.57. The van der Waals surface area contributed by atoms with Gasteiger partial charge in [-0.2, -0.15) is 33.7 Å². The minimum absolute atomic E-state index is 0.729. The molecule has 4 fully saturated rings. The summed E-state index contributed by atoms with van der Waals surface area (Å²) in [4.78, 5) is 0. The minimum atomic E-state index is -5.69. The van der Waals surface area contributed by atoms with Gasteiger partial charge in [0.1, 0.15) is 48.8 Å². The Morgan fingerprint density at radius 1 is 0.383 bits per heavy atom. The van der Waals surface area contributed by atoms with E-state index in [0.29, 0.717) is 0 Å². The lowest BCUT2D eigenvalue weighted by Crippen LogP contribution is -2.67. The van der Waals surface area contributed by atoms with Gasteiger partial charge in [-0.15, -0.1) is 0 Å². The molecule has 60 heavy (non-hydrogen) atoms. The zero-order valence-electron chi connectivity index (χ0n) is 31.9. The van der Waals surface area contributed by atoms with Crippen LogP contribution in [-0.2, 0) is 96.2 Å². The van der Waals surface area contributed by atoms with E-state index in [1.165, 1.54) is 20.8 Å². The highest BCUT2D eigenvalue weighted by atomic mass is 32.3. The van der Waals surface area contributed by atoms with Crippen LogP contribution in [0, 0.1) is 0 Å². The third-order valence-electron chi connectivity index (χ3n) is 9.27. The first-order valence-corrected chi connectivity index (χ1v) is 23.0. The first kappa shape index (κ1) is 51.6. The topological polar surface area (TPSA) is 429 Å². The summed E-state index contributed by atoms with van der Waals surface area (Å²) in [5, 5.41) is 54.4. The minimum Gasteiger partial charge on any atom is -0.388 e. The van der Waals surface area contributed by atoms with E-state index in [0.717, 1.165) is 20.8 Å². The van der Waals surface area contributed by atoms with Gasteiger partial charge in [0.05, 0.1) is 30.5 Å². The summed E-state index contributed by atoms with van der Waals surface area (Å²) >= 11 is 0. The molecule has 0 aromatic carbocycles. The molecule has 4 aliphatic heterocycles. The van der Waals surface area contributed by atoms with Gasteiger partial charge >= 0.3 is 41.6 Å². The highest BCUT2D eigenvalue weighted by Gasteiger charge is 2.58. The van der Waals surface area contributed by atoms with Gasteiger partial charge in [0.25, 0.3) is 0 Å². The predicted octanol–water partition coefficient (Wildman–Crippen LogP) is -4.90. The molecule has 0 unspecified atom stereocenters. The second-order valence-electron chi connectivity index (χ2n) is 14.2. The van der Waals surface area contributed by atoms with Crippen molar-refractivity contribution in [1.82, 2.24) is 0 Å². The molecule has 0 aliphatic carbocycles. The second kappa shape index (κ2) is 19.6. The summed E-state index contributed by atoms with van der Waals surface area (Å²) < 4.78 is 198. The molecule has 20 atom stereocenters. The molecular weight excluding hydrogens is 917 g/mol. The van der Waals surface area contributed by atoms with Gasteiger partial charge in [0.15, 0.2) is 49.6 Å². The van der Waals surface area contributed by atoms with Crippen molar-refractivity contribution in [3.63, 3.8) is 0 Å². The van der Waals surface area contributed by atoms with Crippen molar-refractivity contribution in [3.05, 3.63) is 0 Å². The van der Waals surface area contributed by atoms with Crippen LogP contribution in [0.4, 0.5) is 0 Å². The maximum atomic E-state index is 12.2. The predicted molar refractivity (Wildman–Crippen MR) is 184 cm³/mol. The van der Waals surface area contributed by atoms with Gasteiger partial charge in [0.2, 0.25) is 0 Å². The van der Waals surface area contributed by atoms with Crippen molar-refractivity contribution in [2.45, 2.75) is 170 Å². The van der Waals surface area contributed by atoms with E-state index in [4.69, 9.17) is 50.4 Å². The Balaban J connectivity index is 1.77. The van der Waals surface area contributed by atoms with Gasteiger partial charge in [-0.05, 0) is 41.5 Å². The van der Waals surface area contributed by atoms with Crippen LogP contribution in [0.25, 0.3) is 0 Å². The molecule has 9 N–H and O–H groups in total. The van der Waals surface area contributed by atoms with Crippen molar-refractivity contribution in [3.8, 4) is 0 Å². The van der Waals surface area contributed by atoms with E-state index in [9.17, 15) is 77.4 Å². The quantitative estimate of drug-likeness (QED) is 0.0655. The maximum absolute atomic E-state index is 12.2. The Kier molecular flexibility index (Phi) is 16.9. The first-order chi connectivity index (χ1) is 27.3. The molecule has 354 valence electrons. The lowest BCUT2D eigenvalue weighted by Gasteiger charge is -2.49. The Bertz CT molecular complexity index is 1880. The Morgan fingerprint density at radius 2 is 0.633 bits per heavy atom. The fourth-order valence-corrected chi connectivity index (χ4v) is 8.50. The molecule has 0 radical (unpaired) electrons. The van der Waals surface area contributed by atoms with E-state index >= 15 is 0 Å². The van der Waals surface area contributed by atoms with Crippen LogP contribution in [-0.4, -0.2) is 206 Å². The molecule has 33 heteroatoms. The van der Waals surface area contributed by atoms with Crippen LogP contribution in [0.1, 0.15) is 41.5 Å². The van der Waals surface area contributed by atoms with Crippen LogP contribution >= 0.6 is 0 Å². The molecule has 0 amide bonds. The molecule has 0 saturated carbocycles. The molecule has 4 saturated heterocycles. The van der Waals surface area contributed by atoms with Crippen LogP contribution < -0.4 is 0 Å². The van der Waals surface area contributed by atoms with E-state index < -0.39 is 171 Å². The molecule has 4 rings (SSSR count). The third kappa shape index (κ3) is 13.5. The zero-order chi connectivity index (χ0) is 45.6. The monoisotopic (exact) mass is 964 g/mol. The number of rotatable bonds is 16. The van der Waals surface area contributed by atoms with Crippen molar-refractivity contribution in [2.75, 3.05) is 0 Å². The molecule has 29 nitrogen and oxygen atoms in total. The lowest BCUT2D eigenvalue weighted by atomic mass is 9.96. The highest BCUT2D eigenvalue weighted by molar-refractivity contribution is 7.81. The van der Waals surface area contributed by atoms with Crippen molar-refractivity contribution >= 4 is 41.6 Å². The van der Waals surface area contributed by atoms with Gasteiger partial charge in [-0.3, -0.25) is 18.2 Å². The van der Waals surface area contributed by atoms with E-state index in [-0.39, 0.29) is 0 Å². The van der Waals surface area contributed by atoms with Crippen molar-refractivity contribution in [1.29, 1.82) is 0 Å². The molecule has 4 heterocycles. The SMILES string of the molecule is CC(C)O[C@@H]1O[C@@H](C)[C@@H](O)[C@@H](O[C@@H]2O[C@@H](C)[C@@H](O)[C@@H](O[C@@H]3O[C@@H](C)[C@@H](O)[C@@H](O[C@@H]4O[C@@H](C)[C@@H](O)[C@@H](O)[C@@H]4OS(=O)(=O)O)[C@@H]3OS(=O)(=O)O)[C@@H]2OS(=O)(=O)O)[C@@H]1OS(=O)(=O)O. The third-order valence-corrected chi connectivity index (χ3v) is 11.1. The highest BCUT2D eigenvalue weighted by Crippen LogP contribution is 2.38. The summed E-state index contributed by atoms with van der Waals surface area (Å²) in [6.45, 7) is 7.57. The largest absolute Gasteiger partial charge is 0.397 e. The first-order valence-electron chi connectivity index (χ1n) is 17.5. The maximum Gasteiger partial charge on any atom is 0.397 e. The van der Waals surface area contributed by atoms with Crippen LogP contribution in [0.3, 0.4) is 0 Å². The summed E-state index contributed by atoms with van der Waals surface area (Å²) in [7, 11) is -22.2. The average molecular weight is 965 g/mol.